The van der Waals surface area contributed by atoms with Crippen molar-refractivity contribution in [3.8, 4) is 0 Å². The van der Waals surface area contributed by atoms with Gasteiger partial charge in [0.2, 0.25) is 5.91 Å². The number of nitro groups is 1. The van der Waals surface area contributed by atoms with Crippen LogP contribution in [0, 0.1) is 15.5 Å². The van der Waals surface area contributed by atoms with Crippen LogP contribution in [0.4, 0.5) is 5.69 Å². The van der Waals surface area contributed by atoms with Crippen LogP contribution in [0.15, 0.2) is 22.7 Å². The minimum absolute atomic E-state index is 0.0479. The van der Waals surface area contributed by atoms with Crippen LogP contribution in [-0.4, -0.2) is 43.7 Å². The van der Waals surface area contributed by atoms with Gasteiger partial charge in [0.05, 0.1) is 23.9 Å². The number of halogens is 1. The predicted octanol–water partition coefficient (Wildman–Crippen LogP) is 1.99. The molecule has 2 rings (SSSR count). The van der Waals surface area contributed by atoms with Gasteiger partial charge < -0.3 is 14.8 Å². The highest BCUT2D eigenvalue weighted by atomic mass is 79.9. The Balaban J connectivity index is 1.99. The number of carbonyl (C=O) groups is 2. The van der Waals surface area contributed by atoms with E-state index in [1.807, 2.05) is 0 Å². The van der Waals surface area contributed by atoms with E-state index in [0.717, 1.165) is 0 Å². The number of amides is 1. The van der Waals surface area contributed by atoms with E-state index in [1.165, 1.54) is 25.3 Å². The average molecular weight is 415 g/mol. The maximum atomic E-state index is 12.2. The minimum atomic E-state index is -0.768. The highest BCUT2D eigenvalue weighted by molar-refractivity contribution is 9.10. The standard InChI is InChI=1S/C16H19BrN2O6/c1-24-15(21)16(4-6-25-7-5-16)10-18-14(20)8-11-2-3-12(19(22)23)9-13(11)17/h2-3,9H,4-8,10H2,1H3,(H,18,20). The Labute approximate surface area is 153 Å². The summed E-state index contributed by atoms with van der Waals surface area (Å²) in [6.07, 6.45) is 1.02. The molecule has 1 aromatic rings. The summed E-state index contributed by atoms with van der Waals surface area (Å²) < 4.78 is 10.7. The number of nitrogens with zero attached hydrogens (tertiary/aromatic N) is 1. The average Bonchev–Trinajstić information content (AvgIpc) is 2.61. The first-order valence-electron chi connectivity index (χ1n) is 7.74. The normalized spacial score (nSPS) is 16.1. The summed E-state index contributed by atoms with van der Waals surface area (Å²) in [5.74, 6) is -0.628. The maximum Gasteiger partial charge on any atom is 0.313 e. The number of methoxy groups -OCH3 is 1. The molecule has 9 heteroatoms. The van der Waals surface area contributed by atoms with Crippen LogP contribution in [0.3, 0.4) is 0 Å². The topological polar surface area (TPSA) is 108 Å². The second kappa shape index (κ2) is 8.39. The molecular weight excluding hydrogens is 396 g/mol. The van der Waals surface area contributed by atoms with Crippen LogP contribution in [-0.2, 0) is 25.5 Å². The molecule has 1 amide bonds. The molecule has 0 aliphatic carbocycles. The number of carbonyl (C=O) groups excluding carboxylic acids is 2. The highest BCUT2D eigenvalue weighted by Crippen LogP contribution is 2.31. The van der Waals surface area contributed by atoms with E-state index in [0.29, 0.717) is 36.1 Å². The molecule has 0 spiro atoms. The molecule has 1 aromatic carbocycles. The van der Waals surface area contributed by atoms with Crippen molar-refractivity contribution in [1.29, 1.82) is 0 Å². The van der Waals surface area contributed by atoms with Crippen molar-refractivity contribution in [2.75, 3.05) is 26.9 Å². The lowest BCUT2D eigenvalue weighted by atomic mass is 9.80. The summed E-state index contributed by atoms with van der Waals surface area (Å²) >= 11 is 3.24. The Kier molecular flexibility index (Phi) is 6.49. The fourth-order valence-electron chi connectivity index (χ4n) is 2.73. The molecule has 1 fully saturated rings. The highest BCUT2D eigenvalue weighted by Gasteiger charge is 2.41. The number of esters is 1. The summed E-state index contributed by atoms with van der Waals surface area (Å²) in [7, 11) is 1.33. The number of nitro benzene ring substituents is 1. The monoisotopic (exact) mass is 414 g/mol. The van der Waals surface area contributed by atoms with Crippen LogP contribution in [0.25, 0.3) is 0 Å². The zero-order chi connectivity index (χ0) is 18.4. The van der Waals surface area contributed by atoms with Gasteiger partial charge in [-0.3, -0.25) is 19.7 Å². The van der Waals surface area contributed by atoms with Gasteiger partial charge in [-0.25, -0.2) is 0 Å². The van der Waals surface area contributed by atoms with Crippen molar-refractivity contribution >= 4 is 33.5 Å². The summed E-state index contributed by atoms with van der Waals surface area (Å²) in [5, 5.41) is 13.5. The van der Waals surface area contributed by atoms with E-state index >= 15 is 0 Å². The third kappa shape index (κ3) is 4.76. The van der Waals surface area contributed by atoms with Crippen LogP contribution < -0.4 is 5.32 Å². The van der Waals surface area contributed by atoms with Gasteiger partial charge in [0, 0.05) is 36.4 Å². The van der Waals surface area contributed by atoms with E-state index in [9.17, 15) is 19.7 Å². The Morgan fingerprint density at radius 3 is 2.64 bits per heavy atom. The largest absolute Gasteiger partial charge is 0.469 e. The summed E-state index contributed by atoms with van der Waals surface area (Å²) in [6.45, 7) is 1.06. The lowest BCUT2D eigenvalue weighted by Crippen LogP contribution is -2.47. The van der Waals surface area contributed by atoms with Gasteiger partial charge in [0.15, 0.2) is 0 Å². The number of benzene rings is 1. The van der Waals surface area contributed by atoms with Gasteiger partial charge in [0.25, 0.3) is 5.69 Å². The van der Waals surface area contributed by atoms with Crippen molar-refractivity contribution in [2.24, 2.45) is 5.41 Å². The van der Waals surface area contributed by atoms with Crippen LogP contribution >= 0.6 is 15.9 Å². The molecule has 0 aromatic heterocycles. The lowest BCUT2D eigenvalue weighted by Gasteiger charge is -2.34. The molecule has 0 bridgehead atoms. The molecule has 25 heavy (non-hydrogen) atoms. The molecule has 8 nitrogen and oxygen atoms in total. The number of nitrogens with one attached hydrogen (secondary N) is 1. The summed E-state index contributed by atoms with van der Waals surface area (Å²) in [5.41, 5.74) is -0.194. The van der Waals surface area contributed by atoms with Crippen molar-refractivity contribution in [1.82, 2.24) is 5.32 Å². The first kappa shape index (κ1) is 19.3. The van der Waals surface area contributed by atoms with Crippen molar-refractivity contribution < 1.29 is 24.0 Å². The van der Waals surface area contributed by atoms with Crippen LogP contribution in [0.2, 0.25) is 0 Å². The summed E-state index contributed by atoms with van der Waals surface area (Å²) in [4.78, 5) is 34.6. The van der Waals surface area contributed by atoms with Gasteiger partial charge in [-0.05, 0) is 18.4 Å². The zero-order valence-corrected chi connectivity index (χ0v) is 15.3. The first-order chi connectivity index (χ1) is 11.9. The fraction of sp³-hybridized carbons (Fsp3) is 0.500. The quantitative estimate of drug-likeness (QED) is 0.433. The molecule has 0 radical (unpaired) electrons. The fourth-order valence-corrected chi connectivity index (χ4v) is 3.24. The smallest absolute Gasteiger partial charge is 0.313 e. The Morgan fingerprint density at radius 2 is 2.08 bits per heavy atom. The van der Waals surface area contributed by atoms with Gasteiger partial charge >= 0.3 is 5.97 Å². The Morgan fingerprint density at radius 1 is 1.40 bits per heavy atom. The van der Waals surface area contributed by atoms with Crippen molar-refractivity contribution in [2.45, 2.75) is 19.3 Å². The molecule has 0 unspecified atom stereocenters. The third-order valence-electron chi connectivity index (χ3n) is 4.29. The van der Waals surface area contributed by atoms with E-state index in [-0.39, 0.29) is 30.5 Å². The summed E-state index contributed by atoms with van der Waals surface area (Å²) in [6, 6.07) is 4.24. The van der Waals surface area contributed by atoms with Gasteiger partial charge in [-0.15, -0.1) is 0 Å². The Hall–Kier alpha value is -2.00. The molecule has 0 saturated carbocycles. The zero-order valence-electron chi connectivity index (χ0n) is 13.7. The molecule has 1 N–H and O–H groups in total. The number of ether oxygens (including phenoxy) is 2. The van der Waals surface area contributed by atoms with E-state index in [1.54, 1.807) is 0 Å². The SMILES string of the molecule is COC(=O)C1(CNC(=O)Cc2ccc([N+](=O)[O-])cc2Br)CCOCC1. The van der Waals surface area contributed by atoms with E-state index in [4.69, 9.17) is 9.47 Å². The van der Waals surface area contributed by atoms with Crippen molar-refractivity contribution in [3.63, 3.8) is 0 Å². The Bertz CT molecular complexity index is 673. The first-order valence-corrected chi connectivity index (χ1v) is 8.53. The molecule has 1 heterocycles. The number of rotatable bonds is 6. The lowest BCUT2D eigenvalue weighted by molar-refractivity contribution is -0.384. The van der Waals surface area contributed by atoms with Crippen LogP contribution in [0.5, 0.6) is 0 Å². The van der Waals surface area contributed by atoms with Gasteiger partial charge in [-0.1, -0.05) is 22.0 Å². The third-order valence-corrected chi connectivity index (χ3v) is 5.03. The van der Waals surface area contributed by atoms with Gasteiger partial charge in [0.1, 0.15) is 0 Å². The number of non-ortho nitro benzene ring substituents is 1. The predicted molar refractivity (Wildman–Crippen MR) is 92.0 cm³/mol. The molecule has 0 atom stereocenters. The number of hydrogen-bond acceptors (Lipinski definition) is 6. The maximum absolute atomic E-state index is 12.2. The molecule has 1 aliphatic rings. The van der Waals surface area contributed by atoms with E-state index in [2.05, 4.69) is 21.2 Å². The number of hydrogen-bond donors (Lipinski definition) is 1. The van der Waals surface area contributed by atoms with E-state index < -0.39 is 10.3 Å². The second-order valence-electron chi connectivity index (χ2n) is 5.87. The van der Waals surface area contributed by atoms with Crippen molar-refractivity contribution in [3.05, 3.63) is 38.3 Å². The van der Waals surface area contributed by atoms with Gasteiger partial charge in [-0.2, -0.15) is 0 Å². The molecule has 1 saturated heterocycles. The molecule has 136 valence electrons. The second-order valence-corrected chi connectivity index (χ2v) is 6.72. The van der Waals surface area contributed by atoms with Crippen LogP contribution in [0.1, 0.15) is 18.4 Å². The molecule has 1 aliphatic heterocycles. The minimum Gasteiger partial charge on any atom is -0.469 e. The molecular formula is C16H19BrN2O6.